The molecular weight excluding hydrogens is 234 g/mol. The first-order valence-corrected chi connectivity index (χ1v) is 6.14. The summed E-state index contributed by atoms with van der Waals surface area (Å²) in [6.45, 7) is 1.99. The zero-order valence-electron chi connectivity index (χ0n) is 9.56. The van der Waals surface area contributed by atoms with Crippen LogP contribution in [-0.4, -0.2) is 12.1 Å². The minimum Gasteiger partial charge on any atom is -0.497 e. The number of ether oxygens (including phenoxy) is 1. The highest BCUT2D eigenvalue weighted by molar-refractivity contribution is 7.09. The molecule has 3 aromatic rings. The molecule has 0 fully saturated rings. The molecule has 0 radical (unpaired) electrons. The highest BCUT2D eigenvalue weighted by Crippen LogP contribution is 2.30. The van der Waals surface area contributed by atoms with E-state index in [-0.39, 0.29) is 0 Å². The number of aryl methyl sites for hydroxylation is 1. The van der Waals surface area contributed by atoms with Crippen LogP contribution >= 0.6 is 11.3 Å². The second kappa shape index (κ2) is 3.89. The number of methoxy groups -OCH3 is 1. The van der Waals surface area contributed by atoms with Gasteiger partial charge in [0.15, 0.2) is 5.76 Å². The van der Waals surface area contributed by atoms with Crippen LogP contribution in [0.4, 0.5) is 0 Å². The van der Waals surface area contributed by atoms with Gasteiger partial charge in [-0.1, -0.05) is 0 Å². The maximum absolute atomic E-state index is 5.76. The largest absolute Gasteiger partial charge is 0.497 e. The first kappa shape index (κ1) is 10.4. The second-order valence-electron chi connectivity index (χ2n) is 3.77. The molecule has 0 unspecified atom stereocenters. The van der Waals surface area contributed by atoms with Crippen LogP contribution in [0.1, 0.15) is 5.01 Å². The summed E-state index contributed by atoms with van der Waals surface area (Å²) in [7, 11) is 1.66. The van der Waals surface area contributed by atoms with E-state index < -0.39 is 0 Å². The quantitative estimate of drug-likeness (QED) is 0.687. The molecule has 0 bridgehead atoms. The lowest BCUT2D eigenvalue weighted by Gasteiger charge is -1.96. The molecule has 4 heteroatoms. The summed E-state index contributed by atoms with van der Waals surface area (Å²) in [4.78, 5) is 4.41. The van der Waals surface area contributed by atoms with E-state index >= 15 is 0 Å². The van der Waals surface area contributed by atoms with Crippen LogP contribution in [0.2, 0.25) is 0 Å². The number of aromatic nitrogens is 1. The minimum absolute atomic E-state index is 0.803. The van der Waals surface area contributed by atoms with Gasteiger partial charge in [0.05, 0.1) is 12.1 Å². The molecule has 3 rings (SSSR count). The normalized spacial score (nSPS) is 10.9. The van der Waals surface area contributed by atoms with Crippen molar-refractivity contribution in [1.29, 1.82) is 0 Å². The maximum Gasteiger partial charge on any atom is 0.154 e. The van der Waals surface area contributed by atoms with Gasteiger partial charge >= 0.3 is 0 Å². The first-order valence-electron chi connectivity index (χ1n) is 5.26. The van der Waals surface area contributed by atoms with Crippen molar-refractivity contribution in [2.24, 2.45) is 0 Å². The molecule has 0 spiro atoms. The van der Waals surface area contributed by atoms with Crippen molar-refractivity contribution in [1.82, 2.24) is 4.98 Å². The number of hydrogen-bond donors (Lipinski definition) is 0. The van der Waals surface area contributed by atoms with Crippen molar-refractivity contribution in [3.8, 4) is 17.2 Å². The SMILES string of the molecule is COc1ccc2oc(-c3csc(C)n3)cc2c1. The molecule has 0 aliphatic carbocycles. The Morgan fingerprint density at radius 2 is 2.18 bits per heavy atom. The van der Waals surface area contributed by atoms with Gasteiger partial charge in [0.1, 0.15) is 17.0 Å². The summed E-state index contributed by atoms with van der Waals surface area (Å²) in [5.74, 6) is 1.64. The van der Waals surface area contributed by atoms with Gasteiger partial charge in [-0.3, -0.25) is 0 Å². The Labute approximate surface area is 103 Å². The third-order valence-electron chi connectivity index (χ3n) is 2.59. The predicted octanol–water partition coefficient (Wildman–Crippen LogP) is 3.87. The van der Waals surface area contributed by atoms with Gasteiger partial charge in [0, 0.05) is 10.8 Å². The Morgan fingerprint density at radius 3 is 2.88 bits per heavy atom. The number of fused-ring (bicyclic) bond motifs is 1. The summed E-state index contributed by atoms with van der Waals surface area (Å²) in [6, 6.07) is 7.76. The number of furan rings is 1. The van der Waals surface area contributed by atoms with E-state index in [0.29, 0.717) is 0 Å². The molecule has 2 heterocycles. The first-order chi connectivity index (χ1) is 8.26. The van der Waals surface area contributed by atoms with E-state index in [1.807, 2.05) is 36.6 Å². The zero-order valence-corrected chi connectivity index (χ0v) is 10.4. The van der Waals surface area contributed by atoms with Gasteiger partial charge in [-0.25, -0.2) is 4.98 Å². The molecule has 0 N–H and O–H groups in total. The summed E-state index contributed by atoms with van der Waals surface area (Å²) in [6.07, 6.45) is 0. The molecule has 0 amide bonds. The summed E-state index contributed by atoms with van der Waals surface area (Å²) < 4.78 is 10.9. The molecule has 3 nitrogen and oxygen atoms in total. The molecule has 1 aromatic carbocycles. The number of thiazole rings is 1. The lowest BCUT2D eigenvalue weighted by molar-refractivity contribution is 0.415. The van der Waals surface area contributed by atoms with Gasteiger partial charge in [-0.2, -0.15) is 0 Å². The smallest absolute Gasteiger partial charge is 0.154 e. The van der Waals surface area contributed by atoms with Crippen LogP contribution in [0.25, 0.3) is 22.4 Å². The summed E-state index contributed by atoms with van der Waals surface area (Å²) in [5.41, 5.74) is 1.74. The average Bonchev–Trinajstić information content (AvgIpc) is 2.93. The van der Waals surface area contributed by atoms with Crippen molar-refractivity contribution < 1.29 is 9.15 Å². The molecule has 0 aliphatic rings. The van der Waals surface area contributed by atoms with E-state index in [0.717, 1.165) is 33.2 Å². The Hall–Kier alpha value is -1.81. The van der Waals surface area contributed by atoms with Crippen molar-refractivity contribution >= 4 is 22.3 Å². The molecular formula is C13H11NO2S. The molecule has 2 aromatic heterocycles. The van der Waals surface area contributed by atoms with E-state index in [1.165, 1.54) is 0 Å². The Kier molecular flexibility index (Phi) is 2.37. The fraction of sp³-hybridized carbons (Fsp3) is 0.154. The second-order valence-corrected chi connectivity index (χ2v) is 4.83. The number of rotatable bonds is 2. The van der Waals surface area contributed by atoms with E-state index in [2.05, 4.69) is 4.98 Å². The summed E-state index contributed by atoms with van der Waals surface area (Å²) in [5, 5.41) is 4.08. The lowest BCUT2D eigenvalue weighted by Crippen LogP contribution is -1.79. The third-order valence-corrected chi connectivity index (χ3v) is 3.37. The van der Waals surface area contributed by atoms with Crippen LogP contribution in [-0.2, 0) is 0 Å². The molecule has 86 valence electrons. The Bertz CT molecular complexity index is 669. The summed E-state index contributed by atoms with van der Waals surface area (Å²) >= 11 is 1.62. The van der Waals surface area contributed by atoms with E-state index in [4.69, 9.17) is 9.15 Å². The number of nitrogens with zero attached hydrogens (tertiary/aromatic N) is 1. The van der Waals surface area contributed by atoms with Crippen LogP contribution in [0.5, 0.6) is 5.75 Å². The van der Waals surface area contributed by atoms with Crippen molar-refractivity contribution in [2.75, 3.05) is 7.11 Å². The maximum atomic E-state index is 5.76. The topological polar surface area (TPSA) is 35.3 Å². The lowest BCUT2D eigenvalue weighted by atomic mass is 10.2. The van der Waals surface area contributed by atoms with Gasteiger partial charge in [-0.15, -0.1) is 11.3 Å². The monoisotopic (exact) mass is 245 g/mol. The van der Waals surface area contributed by atoms with Gasteiger partial charge in [-0.05, 0) is 31.2 Å². The fourth-order valence-corrected chi connectivity index (χ4v) is 2.35. The van der Waals surface area contributed by atoms with Crippen molar-refractivity contribution in [2.45, 2.75) is 6.92 Å². The highest BCUT2D eigenvalue weighted by Gasteiger charge is 2.09. The average molecular weight is 245 g/mol. The van der Waals surface area contributed by atoms with Crippen molar-refractivity contribution in [3.05, 3.63) is 34.7 Å². The van der Waals surface area contributed by atoms with Gasteiger partial charge < -0.3 is 9.15 Å². The van der Waals surface area contributed by atoms with Gasteiger partial charge in [0.2, 0.25) is 0 Å². The highest BCUT2D eigenvalue weighted by atomic mass is 32.1. The molecule has 0 atom stereocenters. The number of hydrogen-bond acceptors (Lipinski definition) is 4. The molecule has 17 heavy (non-hydrogen) atoms. The predicted molar refractivity (Wildman–Crippen MR) is 68.6 cm³/mol. The zero-order chi connectivity index (χ0) is 11.8. The van der Waals surface area contributed by atoms with Gasteiger partial charge in [0.25, 0.3) is 0 Å². The van der Waals surface area contributed by atoms with E-state index in [9.17, 15) is 0 Å². The van der Waals surface area contributed by atoms with E-state index in [1.54, 1.807) is 18.4 Å². The van der Waals surface area contributed by atoms with Crippen molar-refractivity contribution in [3.63, 3.8) is 0 Å². The molecule has 0 saturated carbocycles. The van der Waals surface area contributed by atoms with Crippen LogP contribution < -0.4 is 4.74 Å². The Balaban J connectivity index is 2.13. The fourth-order valence-electron chi connectivity index (χ4n) is 1.75. The van der Waals surface area contributed by atoms with Crippen LogP contribution in [0.3, 0.4) is 0 Å². The third kappa shape index (κ3) is 1.80. The van der Waals surface area contributed by atoms with Crippen LogP contribution in [0, 0.1) is 6.92 Å². The molecule has 0 saturated heterocycles. The Morgan fingerprint density at radius 1 is 1.29 bits per heavy atom. The van der Waals surface area contributed by atoms with Crippen LogP contribution in [0.15, 0.2) is 34.1 Å². The molecule has 0 aliphatic heterocycles. The number of benzene rings is 1. The standard InChI is InChI=1S/C13H11NO2S/c1-8-14-11(7-17-8)13-6-9-5-10(15-2)3-4-12(9)16-13/h3-7H,1-2H3. The minimum atomic E-state index is 0.803.